The van der Waals surface area contributed by atoms with Crippen LogP contribution in [-0.4, -0.2) is 24.1 Å². The van der Waals surface area contributed by atoms with E-state index in [4.69, 9.17) is 4.98 Å². The van der Waals surface area contributed by atoms with Gasteiger partial charge in [-0.3, -0.25) is 0 Å². The summed E-state index contributed by atoms with van der Waals surface area (Å²) >= 11 is 0. The molecule has 1 aromatic heterocycles. The third-order valence-corrected chi connectivity index (χ3v) is 4.42. The van der Waals surface area contributed by atoms with E-state index >= 15 is 0 Å². The molecule has 0 aliphatic heterocycles. The maximum atomic E-state index is 4.74. The fraction of sp³-hybridized carbons (Fsp3) is 0.722. The fourth-order valence-corrected chi connectivity index (χ4v) is 3.16. The summed E-state index contributed by atoms with van der Waals surface area (Å²) in [6.07, 6.45) is 8.59. The van der Waals surface area contributed by atoms with Gasteiger partial charge in [0.25, 0.3) is 0 Å². The molecule has 3 nitrogen and oxygen atoms in total. The molecule has 0 aromatic carbocycles. The Morgan fingerprint density at radius 1 is 1.33 bits per heavy atom. The van der Waals surface area contributed by atoms with Gasteiger partial charge in [0.2, 0.25) is 0 Å². The van der Waals surface area contributed by atoms with Gasteiger partial charge in [0.1, 0.15) is 5.82 Å². The quantitative estimate of drug-likeness (QED) is 0.784. The van der Waals surface area contributed by atoms with E-state index in [9.17, 15) is 0 Å². The SMILES string of the molecule is CCNCc1cccnc1N(CCC(C)C)C1CCCC1. The molecular weight excluding hydrogens is 258 g/mol. The number of pyridine rings is 1. The predicted octanol–water partition coefficient (Wildman–Crippen LogP) is 3.99. The molecule has 0 atom stereocenters. The average Bonchev–Trinajstić information content (AvgIpc) is 3.00. The highest BCUT2D eigenvalue weighted by Crippen LogP contribution is 2.29. The lowest BCUT2D eigenvalue weighted by Crippen LogP contribution is -2.36. The third-order valence-electron chi connectivity index (χ3n) is 4.42. The van der Waals surface area contributed by atoms with Gasteiger partial charge in [0.05, 0.1) is 0 Å². The largest absolute Gasteiger partial charge is 0.353 e. The second-order valence-electron chi connectivity index (χ2n) is 6.58. The van der Waals surface area contributed by atoms with Crippen molar-refractivity contribution in [3.63, 3.8) is 0 Å². The highest BCUT2D eigenvalue weighted by Gasteiger charge is 2.25. The van der Waals surface area contributed by atoms with Crippen molar-refractivity contribution >= 4 is 5.82 Å². The molecule has 3 heteroatoms. The molecule has 1 aliphatic rings. The van der Waals surface area contributed by atoms with Crippen molar-refractivity contribution in [2.75, 3.05) is 18.0 Å². The van der Waals surface area contributed by atoms with Gasteiger partial charge in [0, 0.05) is 30.9 Å². The Hall–Kier alpha value is -1.09. The molecule has 0 saturated heterocycles. The number of hydrogen-bond acceptors (Lipinski definition) is 3. The summed E-state index contributed by atoms with van der Waals surface area (Å²) in [5.41, 5.74) is 1.34. The molecular formula is C18H31N3. The molecule has 1 heterocycles. The van der Waals surface area contributed by atoms with E-state index in [0.29, 0.717) is 6.04 Å². The van der Waals surface area contributed by atoms with Gasteiger partial charge in [-0.2, -0.15) is 0 Å². The molecule has 118 valence electrons. The van der Waals surface area contributed by atoms with Crippen molar-refractivity contribution in [3.05, 3.63) is 23.9 Å². The highest BCUT2D eigenvalue weighted by molar-refractivity contribution is 5.48. The lowest BCUT2D eigenvalue weighted by Gasteiger charge is -2.32. The van der Waals surface area contributed by atoms with E-state index < -0.39 is 0 Å². The minimum Gasteiger partial charge on any atom is -0.353 e. The van der Waals surface area contributed by atoms with Crippen molar-refractivity contribution in [2.24, 2.45) is 5.92 Å². The van der Waals surface area contributed by atoms with Crippen molar-refractivity contribution in [1.29, 1.82) is 0 Å². The van der Waals surface area contributed by atoms with Crippen LogP contribution in [0.4, 0.5) is 5.82 Å². The molecule has 0 unspecified atom stereocenters. The summed E-state index contributed by atoms with van der Waals surface area (Å²) in [6, 6.07) is 4.98. The highest BCUT2D eigenvalue weighted by atomic mass is 15.2. The van der Waals surface area contributed by atoms with Crippen LogP contribution in [0.5, 0.6) is 0 Å². The monoisotopic (exact) mass is 289 g/mol. The van der Waals surface area contributed by atoms with E-state index in [2.05, 4.69) is 43.1 Å². The Morgan fingerprint density at radius 2 is 2.10 bits per heavy atom. The minimum atomic E-state index is 0.694. The number of hydrogen-bond donors (Lipinski definition) is 1. The zero-order valence-corrected chi connectivity index (χ0v) is 13.9. The Labute approximate surface area is 130 Å². The minimum absolute atomic E-state index is 0.694. The second-order valence-corrected chi connectivity index (χ2v) is 6.58. The zero-order chi connectivity index (χ0) is 15.1. The topological polar surface area (TPSA) is 28.2 Å². The summed E-state index contributed by atoms with van der Waals surface area (Å²) in [7, 11) is 0. The van der Waals surface area contributed by atoms with E-state index in [1.807, 2.05) is 6.20 Å². The number of rotatable bonds is 8. The molecule has 0 spiro atoms. The van der Waals surface area contributed by atoms with E-state index in [1.165, 1.54) is 43.5 Å². The zero-order valence-electron chi connectivity index (χ0n) is 13.9. The Morgan fingerprint density at radius 3 is 2.76 bits per heavy atom. The number of aromatic nitrogens is 1. The molecule has 1 saturated carbocycles. The number of nitrogens with one attached hydrogen (secondary N) is 1. The second kappa shape index (κ2) is 8.38. The smallest absolute Gasteiger partial charge is 0.133 e. The van der Waals surface area contributed by atoms with Gasteiger partial charge in [0.15, 0.2) is 0 Å². The standard InChI is InChI=1S/C18H31N3/c1-4-19-14-16-8-7-12-20-18(16)21(13-11-15(2)3)17-9-5-6-10-17/h7-8,12,15,17,19H,4-6,9-11,13-14H2,1-3H3. The van der Waals surface area contributed by atoms with Crippen LogP contribution in [0.3, 0.4) is 0 Å². The molecule has 2 rings (SSSR count). The molecule has 0 radical (unpaired) electrons. The first kappa shape index (κ1) is 16.3. The first-order valence-corrected chi connectivity index (χ1v) is 8.63. The molecule has 0 amide bonds. The summed E-state index contributed by atoms with van der Waals surface area (Å²) in [6.45, 7) is 9.84. The summed E-state index contributed by atoms with van der Waals surface area (Å²) < 4.78 is 0. The van der Waals surface area contributed by atoms with Crippen molar-refractivity contribution in [3.8, 4) is 0 Å². The van der Waals surface area contributed by atoms with Crippen molar-refractivity contribution < 1.29 is 0 Å². The number of nitrogens with zero attached hydrogens (tertiary/aromatic N) is 2. The summed E-state index contributed by atoms with van der Waals surface area (Å²) in [4.78, 5) is 7.34. The lowest BCUT2D eigenvalue weighted by atomic mass is 10.1. The maximum absolute atomic E-state index is 4.74. The van der Waals surface area contributed by atoms with E-state index in [-0.39, 0.29) is 0 Å². The van der Waals surface area contributed by atoms with Gasteiger partial charge in [-0.15, -0.1) is 0 Å². The van der Waals surface area contributed by atoms with E-state index in [1.54, 1.807) is 0 Å². The van der Waals surface area contributed by atoms with Gasteiger partial charge in [-0.1, -0.05) is 39.7 Å². The van der Waals surface area contributed by atoms with Crippen LogP contribution in [0.2, 0.25) is 0 Å². The molecule has 1 aromatic rings. The van der Waals surface area contributed by atoms with Crippen LogP contribution in [0.15, 0.2) is 18.3 Å². The van der Waals surface area contributed by atoms with Gasteiger partial charge >= 0.3 is 0 Å². The van der Waals surface area contributed by atoms with Crippen molar-refractivity contribution in [1.82, 2.24) is 10.3 Å². The average molecular weight is 289 g/mol. The van der Waals surface area contributed by atoms with E-state index in [0.717, 1.165) is 25.6 Å². The summed E-state index contributed by atoms with van der Waals surface area (Å²) in [5.74, 6) is 1.96. The molecule has 1 N–H and O–H groups in total. The van der Waals surface area contributed by atoms with Crippen LogP contribution in [0.1, 0.15) is 58.4 Å². The van der Waals surface area contributed by atoms with Crippen LogP contribution in [-0.2, 0) is 6.54 Å². The number of anilines is 1. The molecule has 1 fully saturated rings. The predicted molar refractivity (Wildman–Crippen MR) is 90.7 cm³/mol. The molecule has 21 heavy (non-hydrogen) atoms. The molecule has 0 bridgehead atoms. The normalized spacial score (nSPS) is 15.8. The summed E-state index contributed by atoms with van der Waals surface area (Å²) in [5, 5.41) is 3.45. The van der Waals surface area contributed by atoms with Crippen LogP contribution >= 0.6 is 0 Å². The Bertz CT molecular complexity index is 411. The maximum Gasteiger partial charge on any atom is 0.133 e. The van der Waals surface area contributed by atoms with Crippen molar-refractivity contribution in [2.45, 2.75) is 65.5 Å². The third kappa shape index (κ3) is 4.70. The van der Waals surface area contributed by atoms with Gasteiger partial charge < -0.3 is 10.2 Å². The molecule has 1 aliphatic carbocycles. The van der Waals surface area contributed by atoms with Gasteiger partial charge in [-0.25, -0.2) is 4.98 Å². The fourth-order valence-electron chi connectivity index (χ4n) is 3.16. The van der Waals surface area contributed by atoms with Crippen LogP contribution in [0, 0.1) is 5.92 Å². The Balaban J connectivity index is 2.18. The first-order chi connectivity index (χ1) is 10.2. The van der Waals surface area contributed by atoms with Crippen LogP contribution in [0.25, 0.3) is 0 Å². The van der Waals surface area contributed by atoms with Gasteiger partial charge in [-0.05, 0) is 37.8 Å². The van der Waals surface area contributed by atoms with Crippen LogP contribution < -0.4 is 10.2 Å². The lowest BCUT2D eigenvalue weighted by molar-refractivity contribution is 0.523. The first-order valence-electron chi connectivity index (χ1n) is 8.63. The Kier molecular flexibility index (Phi) is 6.50.